The van der Waals surface area contributed by atoms with Gasteiger partial charge in [-0.05, 0) is 42.3 Å². The fourth-order valence-electron chi connectivity index (χ4n) is 1.92. The summed E-state index contributed by atoms with van der Waals surface area (Å²) < 4.78 is 0. The van der Waals surface area contributed by atoms with E-state index >= 15 is 0 Å². The number of nitriles is 1. The fraction of sp³-hybridized carbons (Fsp3) is 0.188. The Morgan fingerprint density at radius 1 is 1.06 bits per heavy atom. The van der Waals surface area contributed by atoms with Crippen LogP contribution >= 0.6 is 0 Å². The second-order valence-corrected chi connectivity index (χ2v) is 4.44. The third-order valence-electron chi connectivity index (χ3n) is 3.11. The Hall–Kier alpha value is -2.27. The average molecular weight is 236 g/mol. The Labute approximate surface area is 108 Å². The number of benzene rings is 2. The number of hydrogen-bond donors (Lipinski definition) is 0. The molecule has 0 N–H and O–H groups in total. The predicted octanol–water partition coefficient (Wildman–Crippen LogP) is 3.50. The molecule has 2 rings (SSSR count). The zero-order valence-corrected chi connectivity index (χ0v) is 10.7. The summed E-state index contributed by atoms with van der Waals surface area (Å²) in [6, 6.07) is 18.2. The van der Waals surface area contributed by atoms with Crippen LogP contribution in [-0.4, -0.2) is 7.05 Å². The van der Waals surface area contributed by atoms with Gasteiger partial charge in [0.2, 0.25) is 0 Å². The van der Waals surface area contributed by atoms with Crippen molar-refractivity contribution in [2.45, 2.75) is 13.5 Å². The predicted molar refractivity (Wildman–Crippen MR) is 74.4 cm³/mol. The van der Waals surface area contributed by atoms with Gasteiger partial charge in [-0.25, -0.2) is 0 Å². The lowest BCUT2D eigenvalue weighted by Crippen LogP contribution is -2.16. The first-order valence-corrected chi connectivity index (χ1v) is 5.96. The Bertz CT molecular complexity index is 564. The van der Waals surface area contributed by atoms with Crippen molar-refractivity contribution in [1.82, 2.24) is 0 Å². The molecule has 0 radical (unpaired) electrons. The number of anilines is 1. The van der Waals surface area contributed by atoms with Crippen molar-refractivity contribution < 1.29 is 0 Å². The molecule has 0 heterocycles. The molecule has 0 aliphatic carbocycles. The first-order valence-electron chi connectivity index (χ1n) is 5.96. The Balaban J connectivity index is 2.15. The van der Waals surface area contributed by atoms with Gasteiger partial charge in [0.1, 0.15) is 0 Å². The first-order chi connectivity index (χ1) is 8.70. The molecule has 0 saturated carbocycles. The van der Waals surface area contributed by atoms with Crippen LogP contribution in [0.1, 0.15) is 16.7 Å². The molecular weight excluding hydrogens is 220 g/mol. The normalized spacial score (nSPS) is 9.83. The largest absolute Gasteiger partial charge is 0.370 e. The Morgan fingerprint density at radius 2 is 1.72 bits per heavy atom. The highest BCUT2D eigenvalue weighted by atomic mass is 15.1. The summed E-state index contributed by atoms with van der Waals surface area (Å²) in [5.41, 5.74) is 4.45. The van der Waals surface area contributed by atoms with E-state index in [1.807, 2.05) is 24.3 Å². The van der Waals surface area contributed by atoms with Crippen molar-refractivity contribution in [3.63, 3.8) is 0 Å². The number of rotatable bonds is 3. The van der Waals surface area contributed by atoms with Crippen molar-refractivity contribution in [1.29, 1.82) is 5.26 Å². The maximum atomic E-state index is 8.78. The van der Waals surface area contributed by atoms with Crippen molar-refractivity contribution in [2.24, 2.45) is 0 Å². The van der Waals surface area contributed by atoms with E-state index in [-0.39, 0.29) is 0 Å². The molecule has 2 aromatic carbocycles. The van der Waals surface area contributed by atoms with E-state index in [1.54, 1.807) is 0 Å². The van der Waals surface area contributed by atoms with Gasteiger partial charge in [-0.3, -0.25) is 0 Å². The van der Waals surface area contributed by atoms with Crippen LogP contribution in [0, 0.1) is 18.3 Å². The molecule has 0 bridgehead atoms. The zero-order valence-electron chi connectivity index (χ0n) is 10.7. The number of aryl methyl sites for hydroxylation is 1. The minimum atomic E-state index is 0.697. The average Bonchev–Trinajstić information content (AvgIpc) is 2.41. The van der Waals surface area contributed by atoms with E-state index in [9.17, 15) is 0 Å². The Kier molecular flexibility index (Phi) is 3.64. The SMILES string of the molecule is Cc1ccccc1CN(C)c1ccc(C#N)cc1. The molecule has 0 saturated heterocycles. The molecule has 0 aliphatic rings. The van der Waals surface area contributed by atoms with Crippen LogP contribution in [0.3, 0.4) is 0 Å². The van der Waals surface area contributed by atoms with Gasteiger partial charge in [0, 0.05) is 19.3 Å². The topological polar surface area (TPSA) is 27.0 Å². The minimum Gasteiger partial charge on any atom is -0.370 e. The lowest BCUT2D eigenvalue weighted by molar-refractivity contribution is 0.914. The molecule has 2 heteroatoms. The lowest BCUT2D eigenvalue weighted by atomic mass is 10.1. The van der Waals surface area contributed by atoms with E-state index in [2.05, 4.69) is 49.2 Å². The smallest absolute Gasteiger partial charge is 0.0991 e. The van der Waals surface area contributed by atoms with Crippen LogP contribution in [0.25, 0.3) is 0 Å². The maximum Gasteiger partial charge on any atom is 0.0991 e. The molecule has 2 nitrogen and oxygen atoms in total. The fourth-order valence-corrected chi connectivity index (χ4v) is 1.92. The molecule has 0 aliphatic heterocycles. The first kappa shape index (κ1) is 12.2. The summed E-state index contributed by atoms with van der Waals surface area (Å²) in [7, 11) is 2.06. The number of nitrogens with zero attached hydrogens (tertiary/aromatic N) is 2. The molecule has 0 atom stereocenters. The third-order valence-corrected chi connectivity index (χ3v) is 3.11. The van der Waals surface area contributed by atoms with Gasteiger partial charge in [0.05, 0.1) is 11.6 Å². The minimum absolute atomic E-state index is 0.697. The van der Waals surface area contributed by atoms with Gasteiger partial charge in [-0.1, -0.05) is 24.3 Å². The van der Waals surface area contributed by atoms with Crippen molar-refractivity contribution >= 4 is 5.69 Å². The summed E-state index contributed by atoms with van der Waals surface area (Å²) in [6.45, 7) is 3.00. The molecule has 0 aromatic heterocycles. The molecule has 0 fully saturated rings. The molecule has 0 unspecified atom stereocenters. The summed E-state index contributed by atoms with van der Waals surface area (Å²) in [5, 5.41) is 8.78. The van der Waals surface area contributed by atoms with Gasteiger partial charge in [0.25, 0.3) is 0 Å². The Morgan fingerprint density at radius 3 is 2.33 bits per heavy atom. The van der Waals surface area contributed by atoms with E-state index in [1.165, 1.54) is 11.1 Å². The highest BCUT2D eigenvalue weighted by Gasteiger charge is 2.04. The highest BCUT2D eigenvalue weighted by Crippen LogP contribution is 2.17. The maximum absolute atomic E-state index is 8.78. The summed E-state index contributed by atoms with van der Waals surface area (Å²) in [4.78, 5) is 2.18. The molecule has 2 aromatic rings. The lowest BCUT2D eigenvalue weighted by Gasteiger charge is -2.20. The van der Waals surface area contributed by atoms with Crippen LogP contribution in [0.4, 0.5) is 5.69 Å². The van der Waals surface area contributed by atoms with Crippen molar-refractivity contribution in [3.8, 4) is 6.07 Å². The van der Waals surface area contributed by atoms with Crippen LogP contribution in [-0.2, 0) is 6.54 Å². The third kappa shape index (κ3) is 2.70. The van der Waals surface area contributed by atoms with E-state index < -0.39 is 0 Å². The molecule has 90 valence electrons. The highest BCUT2D eigenvalue weighted by molar-refractivity contribution is 5.49. The van der Waals surface area contributed by atoms with Gasteiger partial charge in [0.15, 0.2) is 0 Å². The quantitative estimate of drug-likeness (QED) is 0.815. The summed E-state index contributed by atoms with van der Waals surface area (Å²) in [6.07, 6.45) is 0. The van der Waals surface area contributed by atoms with Crippen molar-refractivity contribution in [2.75, 3.05) is 11.9 Å². The van der Waals surface area contributed by atoms with Gasteiger partial charge < -0.3 is 4.90 Å². The van der Waals surface area contributed by atoms with E-state index in [4.69, 9.17) is 5.26 Å². The van der Waals surface area contributed by atoms with Gasteiger partial charge >= 0.3 is 0 Å². The van der Waals surface area contributed by atoms with Crippen molar-refractivity contribution in [3.05, 3.63) is 65.2 Å². The zero-order chi connectivity index (χ0) is 13.0. The van der Waals surface area contributed by atoms with Crippen LogP contribution in [0.2, 0.25) is 0 Å². The summed E-state index contributed by atoms with van der Waals surface area (Å²) >= 11 is 0. The van der Waals surface area contributed by atoms with Gasteiger partial charge in [-0.15, -0.1) is 0 Å². The van der Waals surface area contributed by atoms with Crippen LogP contribution in [0.5, 0.6) is 0 Å². The standard InChI is InChI=1S/C16H16N2/c1-13-5-3-4-6-15(13)12-18(2)16-9-7-14(11-17)8-10-16/h3-10H,12H2,1-2H3. The van der Waals surface area contributed by atoms with E-state index in [0.29, 0.717) is 5.56 Å². The molecular formula is C16H16N2. The second-order valence-electron chi connectivity index (χ2n) is 4.44. The number of hydrogen-bond acceptors (Lipinski definition) is 2. The van der Waals surface area contributed by atoms with Gasteiger partial charge in [-0.2, -0.15) is 5.26 Å². The van der Waals surface area contributed by atoms with Crippen LogP contribution < -0.4 is 4.90 Å². The molecule has 0 amide bonds. The summed E-state index contributed by atoms with van der Waals surface area (Å²) in [5.74, 6) is 0. The van der Waals surface area contributed by atoms with Crippen LogP contribution in [0.15, 0.2) is 48.5 Å². The molecule has 0 spiro atoms. The van der Waals surface area contributed by atoms with E-state index in [0.717, 1.165) is 12.2 Å². The molecule has 18 heavy (non-hydrogen) atoms. The second kappa shape index (κ2) is 5.37. The monoisotopic (exact) mass is 236 g/mol.